The number of nitrogens with one attached hydrogen (secondary N) is 6. The maximum Gasteiger partial charge on any atom is 0.312 e. The highest BCUT2D eigenvalue weighted by molar-refractivity contribution is 6.12. The molecule has 0 spiro atoms. The second-order valence-corrected chi connectivity index (χ2v) is 23.1. The molecule has 9 N–H and O–H groups in total. The Morgan fingerprint density at radius 2 is 1.45 bits per heavy atom. The van der Waals surface area contributed by atoms with Gasteiger partial charge in [-0.2, -0.15) is 0 Å². The van der Waals surface area contributed by atoms with E-state index in [0.717, 1.165) is 10.5 Å². The Bertz CT molecular complexity index is 2670. The smallest absolute Gasteiger partial charge is 0.312 e. The first kappa shape index (κ1) is 70.8. The van der Waals surface area contributed by atoms with Gasteiger partial charge in [0.05, 0.1) is 42.5 Å². The van der Waals surface area contributed by atoms with Crippen LogP contribution >= 0.6 is 0 Å². The van der Waals surface area contributed by atoms with Gasteiger partial charge in [-0.3, -0.25) is 52.8 Å². The van der Waals surface area contributed by atoms with Gasteiger partial charge in [0.25, 0.3) is 17.7 Å². The first-order chi connectivity index (χ1) is 40.8. The molecule has 2 heterocycles. The number of carbonyl (C=O) groups excluding carboxylic acids is 10. The molecule has 10 atom stereocenters. The predicted octanol–water partition coefficient (Wildman–Crippen LogP) is 3.92. The monoisotopic (exact) mass is 1200 g/mol. The van der Waals surface area contributed by atoms with Crippen LogP contribution in [0.15, 0.2) is 66.7 Å². The largest absolute Gasteiger partial charge is 0.481 e. The Kier molecular flexibility index (Phi) is 28.8. The van der Waals surface area contributed by atoms with Gasteiger partial charge < -0.3 is 62.0 Å². The minimum Gasteiger partial charge on any atom is -0.481 e. The number of urea groups is 1. The van der Waals surface area contributed by atoms with Crippen LogP contribution in [0.5, 0.6) is 0 Å². The van der Waals surface area contributed by atoms with Gasteiger partial charge in [-0.1, -0.05) is 97.7 Å². The summed E-state index contributed by atoms with van der Waals surface area (Å²) in [6.45, 7) is 13.3. The number of amides is 11. The molecular formula is C62H92N10O14. The number of likely N-dealkylation sites (N-methyl/N-ethyl adjacent to an activating group) is 1. The van der Waals surface area contributed by atoms with Gasteiger partial charge in [0.15, 0.2) is 0 Å². The van der Waals surface area contributed by atoms with Crippen LogP contribution in [-0.4, -0.2) is 175 Å². The Hall–Kier alpha value is -7.73. The number of imide groups is 1. The Morgan fingerprint density at radius 1 is 0.779 bits per heavy atom. The molecule has 2 aliphatic rings. The molecule has 0 radical (unpaired) electrons. The van der Waals surface area contributed by atoms with E-state index < -0.39 is 114 Å². The third kappa shape index (κ3) is 21.1. The zero-order valence-corrected chi connectivity index (χ0v) is 51.6. The van der Waals surface area contributed by atoms with Gasteiger partial charge in [0, 0.05) is 77.3 Å². The summed E-state index contributed by atoms with van der Waals surface area (Å²) in [7, 11) is 4.57. The van der Waals surface area contributed by atoms with Crippen molar-refractivity contribution in [3.63, 3.8) is 0 Å². The summed E-state index contributed by atoms with van der Waals surface area (Å²) in [4.78, 5) is 149. The van der Waals surface area contributed by atoms with Gasteiger partial charge in [0.2, 0.25) is 35.4 Å². The molecule has 4 rings (SSSR count). The second kappa shape index (κ2) is 35.0. The van der Waals surface area contributed by atoms with Crippen molar-refractivity contribution in [2.45, 2.75) is 162 Å². The SMILES string of the molecule is CC[C@H](C)[C@@H](C(CC(=O)N1CCC[C@H]1[C@H](OC)[C@@H](C)C(=O)NC[C@@H](Cc1ccccc1)C(=O)O)OC)N(C)C(=O)[C@@H](NC(=O)c1cccc(NC(=O)[C@H](CCCNC(N)=O)NC(=O)[C@@H](NC(=O)CCCCCN2C(=O)C=CC2=O)C(C)C)c1)C(C)C. The van der Waals surface area contributed by atoms with E-state index in [4.69, 9.17) is 15.2 Å². The van der Waals surface area contributed by atoms with Crippen LogP contribution in [0.2, 0.25) is 0 Å². The molecule has 1 unspecified atom stereocenters. The highest BCUT2D eigenvalue weighted by atomic mass is 16.5. The summed E-state index contributed by atoms with van der Waals surface area (Å²) in [6, 6.07) is 10.00. The quantitative estimate of drug-likeness (QED) is 0.0354. The number of carbonyl (C=O) groups is 11. The number of hydrogen-bond donors (Lipinski definition) is 8. The minimum absolute atomic E-state index is 0.0395. The van der Waals surface area contributed by atoms with Crippen LogP contribution in [0.25, 0.3) is 0 Å². The van der Waals surface area contributed by atoms with Crippen molar-refractivity contribution >= 4 is 70.9 Å². The number of primary amides is 1. The maximum absolute atomic E-state index is 14.7. The van der Waals surface area contributed by atoms with E-state index in [2.05, 4.69) is 31.9 Å². The van der Waals surface area contributed by atoms with Crippen LogP contribution in [-0.2, 0) is 59.0 Å². The Balaban J connectivity index is 1.43. The lowest BCUT2D eigenvalue weighted by molar-refractivity contribution is -0.147. The Labute approximate surface area is 505 Å². The van der Waals surface area contributed by atoms with Gasteiger partial charge in [-0.25, -0.2) is 4.79 Å². The van der Waals surface area contributed by atoms with Gasteiger partial charge in [0.1, 0.15) is 18.1 Å². The molecule has 24 nitrogen and oxygen atoms in total. The number of nitrogens with two attached hydrogens (primary N) is 1. The fourth-order valence-corrected chi connectivity index (χ4v) is 11.0. The van der Waals surface area contributed by atoms with Crippen molar-refractivity contribution in [2.75, 3.05) is 52.8 Å². The van der Waals surface area contributed by atoms with Crippen LogP contribution < -0.4 is 37.6 Å². The average molecular weight is 1200 g/mol. The predicted molar refractivity (Wildman–Crippen MR) is 321 cm³/mol. The number of anilines is 1. The molecule has 24 heteroatoms. The van der Waals surface area contributed by atoms with Crippen molar-refractivity contribution in [1.82, 2.24) is 41.3 Å². The first-order valence-corrected chi connectivity index (χ1v) is 29.9. The number of carboxylic acids is 1. The molecule has 2 aliphatic heterocycles. The van der Waals surface area contributed by atoms with Crippen LogP contribution in [0.1, 0.15) is 129 Å². The summed E-state index contributed by atoms with van der Waals surface area (Å²) in [5.74, 6) is -7.85. The number of methoxy groups -OCH3 is 2. The van der Waals surface area contributed by atoms with Crippen molar-refractivity contribution in [3.05, 3.63) is 77.9 Å². The molecular weight excluding hydrogens is 1110 g/mol. The summed E-state index contributed by atoms with van der Waals surface area (Å²) in [5, 5.41) is 26.4. The second-order valence-electron chi connectivity index (χ2n) is 23.1. The molecule has 0 bridgehead atoms. The normalized spacial score (nSPS) is 17.1. The van der Waals surface area contributed by atoms with Crippen LogP contribution in [0.4, 0.5) is 10.5 Å². The highest BCUT2D eigenvalue weighted by Crippen LogP contribution is 2.30. The lowest BCUT2D eigenvalue weighted by Crippen LogP contribution is -2.57. The number of hydrogen-bond acceptors (Lipinski definition) is 13. The zero-order chi connectivity index (χ0) is 63.8. The topological polar surface area (TPSA) is 334 Å². The number of carboxylic acid groups (broad SMARTS) is 1. The minimum atomic E-state index is -1.18. The van der Waals surface area contributed by atoms with Gasteiger partial charge in [-0.15, -0.1) is 0 Å². The summed E-state index contributed by atoms with van der Waals surface area (Å²) in [5.41, 5.74) is 6.37. The highest BCUT2D eigenvalue weighted by Gasteiger charge is 2.43. The molecule has 0 aromatic heterocycles. The summed E-state index contributed by atoms with van der Waals surface area (Å²) in [6.07, 6.45) is 4.63. The average Bonchev–Trinajstić information content (AvgIpc) is 2.59. The van der Waals surface area contributed by atoms with Gasteiger partial charge in [-0.05, 0) is 86.5 Å². The molecule has 1 saturated heterocycles. The lowest BCUT2D eigenvalue weighted by atomic mass is 9.89. The summed E-state index contributed by atoms with van der Waals surface area (Å²) < 4.78 is 12.0. The van der Waals surface area contributed by atoms with Crippen molar-refractivity contribution < 1.29 is 67.3 Å². The van der Waals surface area contributed by atoms with Crippen molar-refractivity contribution in [1.29, 1.82) is 0 Å². The van der Waals surface area contributed by atoms with E-state index in [9.17, 15) is 57.8 Å². The molecule has 86 heavy (non-hydrogen) atoms. The number of ether oxygens (including phenoxy) is 2. The number of nitrogens with zero attached hydrogens (tertiary/aromatic N) is 3. The van der Waals surface area contributed by atoms with Crippen molar-refractivity contribution in [2.24, 2.45) is 35.3 Å². The van der Waals surface area contributed by atoms with E-state index in [1.165, 1.54) is 43.4 Å². The fourth-order valence-electron chi connectivity index (χ4n) is 11.0. The number of benzene rings is 2. The third-order valence-electron chi connectivity index (χ3n) is 16.1. The van der Waals surface area contributed by atoms with E-state index in [0.29, 0.717) is 45.1 Å². The molecule has 474 valence electrons. The van der Waals surface area contributed by atoms with Gasteiger partial charge >= 0.3 is 12.0 Å². The third-order valence-corrected chi connectivity index (χ3v) is 16.1. The van der Waals surface area contributed by atoms with Crippen LogP contribution in [0.3, 0.4) is 0 Å². The molecule has 1 fully saturated rings. The fraction of sp³-hybridized carbons (Fsp3) is 0.597. The number of aliphatic carboxylic acids is 1. The van der Waals surface area contributed by atoms with Crippen molar-refractivity contribution in [3.8, 4) is 0 Å². The molecule has 2 aromatic rings. The number of rotatable bonds is 36. The first-order valence-electron chi connectivity index (χ1n) is 29.9. The number of unbranched alkanes of at least 4 members (excludes halogenated alkanes) is 2. The van der Waals surface area contributed by atoms with E-state index in [1.54, 1.807) is 58.7 Å². The van der Waals surface area contributed by atoms with E-state index in [-0.39, 0.29) is 86.6 Å². The van der Waals surface area contributed by atoms with E-state index >= 15 is 0 Å². The zero-order valence-electron chi connectivity index (χ0n) is 51.6. The molecule has 0 saturated carbocycles. The number of likely N-dealkylation sites (tertiary alicyclic amines) is 1. The Morgan fingerprint density at radius 3 is 2.06 bits per heavy atom. The molecule has 11 amide bonds. The molecule has 2 aromatic carbocycles. The molecule has 0 aliphatic carbocycles. The lowest BCUT2D eigenvalue weighted by Gasteiger charge is -2.40. The maximum atomic E-state index is 14.7. The van der Waals surface area contributed by atoms with Crippen LogP contribution in [0, 0.1) is 29.6 Å². The summed E-state index contributed by atoms with van der Waals surface area (Å²) >= 11 is 0. The van der Waals surface area contributed by atoms with E-state index in [1.807, 2.05) is 44.2 Å². The standard InChI is InChI=1S/C62H92N10O14/c1-11-39(6)54(47(85-9)35-51(76)71-32-20-26-46(71)55(86-10)40(7)56(77)65-36-43(61(82)83)33-41-21-14-12-15-22-41)70(8)60(81)53(38(4)5)69-57(78)42-23-18-24-44(34-42)66-58(79)45(25-19-30-64-62(63)84)67-59(80)52(37(2)3)68-48(73)27-16-13-17-31-72-49(74)28-29-50(72)75/h12,14-15,18,21-24,28-29,34,37-40,43,45-47,52-55H,11,13,16-17,19-20,25-27,30-33,35-36H2,1-10H3,(H,65,77)(H,66,79)(H,67,80)(H,68,73)(H,69,78)(H,82,83)(H3,63,64,84)/t39-,40+,43+,45-,46-,47?,52-,53-,54-,55+/m0/s1.